The molecule has 1 aliphatic heterocycles. The largest absolute Gasteiger partial charge is 0.464 e. The van der Waals surface area contributed by atoms with Gasteiger partial charge in [-0.3, -0.25) is 0 Å². The summed E-state index contributed by atoms with van der Waals surface area (Å²) in [6, 6.07) is 5.01. The van der Waals surface area contributed by atoms with Crippen molar-refractivity contribution in [3.63, 3.8) is 0 Å². The Bertz CT molecular complexity index is 656. The molecule has 124 valence electrons. The van der Waals surface area contributed by atoms with E-state index >= 15 is 0 Å². The van der Waals surface area contributed by atoms with Crippen molar-refractivity contribution in [3.8, 4) is 11.5 Å². The van der Waals surface area contributed by atoms with Crippen LogP contribution in [0.4, 0.5) is 0 Å². The fourth-order valence-corrected chi connectivity index (χ4v) is 2.75. The monoisotopic (exact) mass is 328 g/mol. The second kappa shape index (κ2) is 5.42. The minimum absolute atomic E-state index is 0.0405. The number of hydrogen-bond acceptors (Lipinski definition) is 5. The molecule has 0 amide bonds. The molecule has 1 aromatic carbocycles. The fraction of sp³-hybridized carbons (Fsp3) is 0.625. The van der Waals surface area contributed by atoms with Crippen LogP contribution in [0.3, 0.4) is 0 Å². The third-order valence-corrected chi connectivity index (χ3v) is 3.88. The van der Waals surface area contributed by atoms with E-state index in [9.17, 15) is 8.42 Å². The van der Waals surface area contributed by atoms with Gasteiger partial charge in [0.25, 0.3) is 0 Å². The Labute approximate surface area is 132 Å². The Kier molecular flexibility index (Phi) is 4.21. The maximum absolute atomic E-state index is 11.3. The summed E-state index contributed by atoms with van der Waals surface area (Å²) in [6.45, 7) is 10.9. The van der Waals surface area contributed by atoms with Gasteiger partial charge in [0.1, 0.15) is 11.5 Å². The zero-order chi connectivity index (χ0) is 16.8. The highest BCUT2D eigenvalue weighted by atomic mass is 32.2. The van der Waals surface area contributed by atoms with E-state index in [1.165, 1.54) is 0 Å². The highest BCUT2D eigenvalue weighted by Crippen LogP contribution is 2.45. The van der Waals surface area contributed by atoms with Crippen molar-refractivity contribution in [2.75, 3.05) is 12.9 Å². The molecule has 1 unspecified atom stereocenters. The van der Waals surface area contributed by atoms with Gasteiger partial charge in [-0.25, -0.2) is 0 Å². The summed E-state index contributed by atoms with van der Waals surface area (Å²) in [4.78, 5) is 0. The first-order valence-corrected chi connectivity index (χ1v) is 9.02. The molecule has 0 aromatic heterocycles. The number of ether oxygens (including phenoxy) is 2. The van der Waals surface area contributed by atoms with Crippen molar-refractivity contribution < 1.29 is 22.1 Å². The molecule has 0 saturated heterocycles. The molecule has 0 radical (unpaired) electrons. The fourth-order valence-electron chi connectivity index (χ4n) is 2.30. The van der Waals surface area contributed by atoms with E-state index in [4.69, 9.17) is 13.7 Å². The van der Waals surface area contributed by atoms with Gasteiger partial charge in [0.15, 0.2) is 0 Å². The van der Waals surface area contributed by atoms with Gasteiger partial charge in [-0.15, -0.1) is 0 Å². The molecule has 0 aliphatic carbocycles. The lowest BCUT2D eigenvalue weighted by Crippen LogP contribution is -2.36. The van der Waals surface area contributed by atoms with Gasteiger partial charge < -0.3 is 13.7 Å². The quantitative estimate of drug-likeness (QED) is 0.795. The molecular formula is C16H24O5S. The lowest BCUT2D eigenvalue weighted by atomic mass is 9.85. The highest BCUT2D eigenvalue weighted by Gasteiger charge is 2.43. The SMILES string of the molecule is CC(C)(C)COC1Oc2ccc(OS(C)(=O)=O)cc2C1(C)C. The molecule has 6 heteroatoms. The van der Waals surface area contributed by atoms with Crippen molar-refractivity contribution in [1.82, 2.24) is 0 Å². The van der Waals surface area contributed by atoms with Crippen molar-refractivity contribution in [2.24, 2.45) is 5.41 Å². The Morgan fingerprint density at radius 2 is 1.91 bits per heavy atom. The lowest BCUT2D eigenvalue weighted by molar-refractivity contribution is -0.122. The molecule has 0 N–H and O–H groups in total. The van der Waals surface area contributed by atoms with E-state index in [1.54, 1.807) is 18.2 Å². The molecule has 0 saturated carbocycles. The molecule has 1 atom stereocenters. The second-order valence-electron chi connectivity index (χ2n) is 7.49. The Hall–Kier alpha value is -1.27. The van der Waals surface area contributed by atoms with Crippen LogP contribution >= 0.6 is 0 Å². The molecule has 1 aliphatic rings. The number of hydrogen-bond donors (Lipinski definition) is 0. The van der Waals surface area contributed by atoms with Gasteiger partial charge in [-0.05, 0) is 37.5 Å². The Morgan fingerprint density at radius 1 is 1.27 bits per heavy atom. The van der Waals surface area contributed by atoms with Crippen LogP contribution in [0.25, 0.3) is 0 Å². The van der Waals surface area contributed by atoms with Crippen molar-refractivity contribution >= 4 is 10.1 Å². The van der Waals surface area contributed by atoms with E-state index in [1.807, 2.05) is 13.8 Å². The molecule has 0 spiro atoms. The first-order chi connectivity index (χ1) is 9.88. The summed E-state index contributed by atoms with van der Waals surface area (Å²) in [5.74, 6) is 0.985. The predicted molar refractivity (Wildman–Crippen MR) is 84.8 cm³/mol. The molecule has 1 heterocycles. The van der Waals surface area contributed by atoms with Crippen LogP contribution in [0.2, 0.25) is 0 Å². The second-order valence-corrected chi connectivity index (χ2v) is 9.06. The van der Waals surface area contributed by atoms with Crippen LogP contribution in [0.15, 0.2) is 18.2 Å². The topological polar surface area (TPSA) is 61.8 Å². The normalized spacial score (nSPS) is 20.4. The zero-order valence-electron chi connectivity index (χ0n) is 14.0. The first kappa shape index (κ1) is 17.1. The summed E-state index contributed by atoms with van der Waals surface area (Å²) < 4.78 is 39.3. The van der Waals surface area contributed by atoms with Gasteiger partial charge in [-0.2, -0.15) is 8.42 Å². The lowest BCUT2D eigenvalue weighted by Gasteiger charge is -2.29. The number of rotatable bonds is 4. The van der Waals surface area contributed by atoms with Crippen LogP contribution in [-0.2, 0) is 20.3 Å². The first-order valence-electron chi connectivity index (χ1n) is 7.21. The minimum Gasteiger partial charge on any atom is -0.464 e. The van der Waals surface area contributed by atoms with E-state index in [0.717, 1.165) is 11.8 Å². The smallest absolute Gasteiger partial charge is 0.306 e. The standard InChI is InChI=1S/C16H24O5S/c1-15(2,3)10-19-14-16(4,5)12-9-11(21-22(6,17)18)7-8-13(12)20-14/h7-9,14H,10H2,1-6H3. The van der Waals surface area contributed by atoms with E-state index < -0.39 is 21.8 Å². The van der Waals surface area contributed by atoms with E-state index in [-0.39, 0.29) is 11.2 Å². The summed E-state index contributed by atoms with van der Waals surface area (Å²) in [7, 11) is -3.55. The average molecular weight is 328 g/mol. The third-order valence-electron chi connectivity index (χ3n) is 3.38. The van der Waals surface area contributed by atoms with E-state index in [0.29, 0.717) is 12.4 Å². The van der Waals surface area contributed by atoms with Crippen molar-refractivity contribution in [1.29, 1.82) is 0 Å². The molecule has 1 aromatic rings. The Balaban J connectivity index is 2.23. The molecule has 22 heavy (non-hydrogen) atoms. The van der Waals surface area contributed by atoms with Gasteiger partial charge in [0, 0.05) is 5.56 Å². The van der Waals surface area contributed by atoms with Gasteiger partial charge in [0.2, 0.25) is 6.29 Å². The maximum Gasteiger partial charge on any atom is 0.306 e. The van der Waals surface area contributed by atoms with Crippen LogP contribution in [0, 0.1) is 5.41 Å². The molecule has 2 rings (SSSR count). The average Bonchev–Trinajstić information content (AvgIpc) is 2.56. The summed E-state index contributed by atoms with van der Waals surface area (Å²) in [5.41, 5.74) is 0.531. The summed E-state index contributed by atoms with van der Waals surface area (Å²) in [6.07, 6.45) is 0.618. The van der Waals surface area contributed by atoms with Gasteiger partial charge in [0.05, 0.1) is 18.3 Å². The predicted octanol–water partition coefficient (Wildman–Crippen LogP) is 3.08. The van der Waals surface area contributed by atoms with Gasteiger partial charge >= 0.3 is 10.1 Å². The summed E-state index contributed by atoms with van der Waals surface area (Å²) >= 11 is 0. The molecular weight excluding hydrogens is 304 g/mol. The number of benzene rings is 1. The molecule has 5 nitrogen and oxygen atoms in total. The zero-order valence-corrected chi connectivity index (χ0v) is 14.8. The summed E-state index contributed by atoms with van der Waals surface area (Å²) in [5, 5.41) is 0. The molecule has 0 fully saturated rings. The van der Waals surface area contributed by atoms with Crippen LogP contribution < -0.4 is 8.92 Å². The minimum atomic E-state index is -3.55. The highest BCUT2D eigenvalue weighted by molar-refractivity contribution is 7.86. The third kappa shape index (κ3) is 3.93. The van der Waals surface area contributed by atoms with Crippen LogP contribution in [0.5, 0.6) is 11.5 Å². The Morgan fingerprint density at radius 3 is 2.45 bits per heavy atom. The molecule has 0 bridgehead atoms. The van der Waals surface area contributed by atoms with Crippen molar-refractivity contribution in [3.05, 3.63) is 23.8 Å². The van der Waals surface area contributed by atoms with Gasteiger partial charge in [-0.1, -0.05) is 20.8 Å². The van der Waals surface area contributed by atoms with Crippen LogP contribution in [-0.4, -0.2) is 27.6 Å². The van der Waals surface area contributed by atoms with Crippen molar-refractivity contribution in [2.45, 2.75) is 46.3 Å². The van der Waals surface area contributed by atoms with Crippen LogP contribution in [0.1, 0.15) is 40.2 Å². The maximum atomic E-state index is 11.3. The number of fused-ring (bicyclic) bond motifs is 1. The van der Waals surface area contributed by atoms with E-state index in [2.05, 4.69) is 20.8 Å².